The molecule has 0 saturated carbocycles. The van der Waals surface area contributed by atoms with E-state index in [0.29, 0.717) is 5.69 Å². The fraction of sp³-hybridized carbons (Fsp3) is 0.0769. The number of halogens is 2. The van der Waals surface area contributed by atoms with Gasteiger partial charge in [-0.05, 0) is 31.2 Å². The lowest BCUT2D eigenvalue weighted by Gasteiger charge is -2.08. The van der Waals surface area contributed by atoms with Crippen LogP contribution in [0, 0.1) is 12.7 Å². The number of anilines is 2. The van der Waals surface area contributed by atoms with Crippen LogP contribution in [0.5, 0.6) is 0 Å². The second-order valence-corrected chi connectivity index (χ2v) is 4.66. The van der Waals surface area contributed by atoms with E-state index < -0.39 is 17.8 Å². The van der Waals surface area contributed by atoms with Gasteiger partial charge in [0.05, 0.1) is 16.4 Å². The highest BCUT2D eigenvalue weighted by Gasteiger charge is 2.16. The van der Waals surface area contributed by atoms with Crippen molar-refractivity contribution in [1.29, 1.82) is 0 Å². The lowest BCUT2D eigenvalue weighted by molar-refractivity contribution is 0.0692. The summed E-state index contributed by atoms with van der Waals surface area (Å²) in [5.41, 5.74) is 0.614. The fourth-order valence-corrected chi connectivity index (χ4v) is 1.89. The van der Waals surface area contributed by atoms with Crippen LogP contribution in [0.4, 0.5) is 20.6 Å². The molecule has 0 aliphatic heterocycles. The molecule has 2 rings (SSSR count). The molecule has 8 heteroatoms. The Morgan fingerprint density at radius 3 is 2.57 bits per heavy atom. The predicted octanol–water partition coefficient (Wildman–Crippen LogP) is 3.46. The van der Waals surface area contributed by atoms with Gasteiger partial charge in [0.25, 0.3) is 0 Å². The first-order chi connectivity index (χ1) is 9.86. The van der Waals surface area contributed by atoms with Crippen molar-refractivity contribution in [1.82, 2.24) is 4.98 Å². The van der Waals surface area contributed by atoms with Crippen LogP contribution in [0.1, 0.15) is 16.2 Å². The zero-order valence-electron chi connectivity index (χ0n) is 10.8. The molecule has 110 valence electrons. The van der Waals surface area contributed by atoms with Crippen molar-refractivity contribution < 1.29 is 19.1 Å². The third kappa shape index (κ3) is 3.51. The molecule has 0 unspecified atom stereocenters. The highest BCUT2D eigenvalue weighted by atomic mass is 35.5. The van der Waals surface area contributed by atoms with E-state index >= 15 is 0 Å². The molecule has 0 spiro atoms. The number of rotatable bonds is 3. The van der Waals surface area contributed by atoms with Crippen LogP contribution < -0.4 is 10.6 Å². The zero-order valence-corrected chi connectivity index (χ0v) is 11.6. The third-order valence-corrected chi connectivity index (χ3v) is 2.92. The molecule has 2 amide bonds. The van der Waals surface area contributed by atoms with Crippen molar-refractivity contribution >= 4 is 35.0 Å². The molecule has 1 heterocycles. The van der Waals surface area contributed by atoms with E-state index in [0.717, 1.165) is 12.1 Å². The lowest BCUT2D eigenvalue weighted by atomic mass is 10.3. The number of aromatic amines is 1. The Morgan fingerprint density at radius 2 is 1.90 bits per heavy atom. The number of amides is 2. The number of benzene rings is 1. The first kappa shape index (κ1) is 14.9. The number of aromatic carboxylic acids is 1. The van der Waals surface area contributed by atoms with Crippen LogP contribution in [0.25, 0.3) is 0 Å². The monoisotopic (exact) mass is 311 g/mol. The second-order valence-electron chi connectivity index (χ2n) is 4.25. The van der Waals surface area contributed by atoms with Gasteiger partial charge in [0.1, 0.15) is 11.5 Å². The number of urea groups is 1. The van der Waals surface area contributed by atoms with Crippen LogP contribution in [-0.4, -0.2) is 22.1 Å². The largest absolute Gasteiger partial charge is 0.477 e. The van der Waals surface area contributed by atoms with E-state index in [1.54, 1.807) is 6.92 Å². The number of carbonyl (C=O) groups excluding carboxylic acids is 1. The summed E-state index contributed by atoms with van der Waals surface area (Å²) in [5.74, 6) is -1.76. The smallest absolute Gasteiger partial charge is 0.354 e. The van der Waals surface area contributed by atoms with Crippen molar-refractivity contribution in [3.05, 3.63) is 46.5 Å². The van der Waals surface area contributed by atoms with Gasteiger partial charge >= 0.3 is 12.0 Å². The molecule has 0 atom stereocenters. The van der Waals surface area contributed by atoms with Crippen LogP contribution in [0.15, 0.2) is 24.3 Å². The average molecular weight is 312 g/mol. The number of hydrogen-bond acceptors (Lipinski definition) is 2. The Hall–Kier alpha value is -2.54. The molecule has 1 aromatic heterocycles. The van der Waals surface area contributed by atoms with Gasteiger partial charge < -0.3 is 20.7 Å². The summed E-state index contributed by atoms with van der Waals surface area (Å²) in [6.07, 6.45) is 0. The Balaban J connectivity index is 2.15. The Labute approximate surface area is 123 Å². The Kier molecular flexibility index (Phi) is 4.13. The SMILES string of the molecule is Cc1cc(NC(=O)Nc2cc(F)ccc2Cl)c(C(=O)O)[nH]1. The molecule has 0 radical (unpaired) electrons. The lowest BCUT2D eigenvalue weighted by Crippen LogP contribution is -2.20. The van der Waals surface area contributed by atoms with Crippen molar-refractivity contribution in [2.45, 2.75) is 6.92 Å². The number of H-pyrrole nitrogens is 1. The van der Waals surface area contributed by atoms with Gasteiger partial charge in [-0.15, -0.1) is 0 Å². The maximum absolute atomic E-state index is 13.1. The van der Waals surface area contributed by atoms with Gasteiger partial charge in [0, 0.05) is 5.69 Å². The number of aromatic nitrogens is 1. The zero-order chi connectivity index (χ0) is 15.6. The van der Waals surface area contributed by atoms with Gasteiger partial charge in [-0.25, -0.2) is 14.0 Å². The molecule has 0 aliphatic carbocycles. The molecule has 4 N–H and O–H groups in total. The Bertz CT molecular complexity index is 715. The van der Waals surface area contributed by atoms with Gasteiger partial charge in [0.2, 0.25) is 0 Å². The number of aryl methyl sites for hydroxylation is 1. The molecule has 0 bridgehead atoms. The number of hydrogen-bond donors (Lipinski definition) is 4. The van der Waals surface area contributed by atoms with E-state index in [9.17, 15) is 14.0 Å². The van der Waals surface area contributed by atoms with Crippen molar-refractivity contribution in [2.24, 2.45) is 0 Å². The topological polar surface area (TPSA) is 94.2 Å². The van der Waals surface area contributed by atoms with Crippen LogP contribution >= 0.6 is 11.6 Å². The van der Waals surface area contributed by atoms with Crippen molar-refractivity contribution in [3.8, 4) is 0 Å². The molecule has 0 saturated heterocycles. The Morgan fingerprint density at radius 1 is 1.24 bits per heavy atom. The summed E-state index contributed by atoms with van der Waals surface area (Å²) in [6, 6.07) is 4.25. The average Bonchev–Trinajstić information content (AvgIpc) is 2.75. The molecular formula is C13H11ClFN3O3. The molecule has 2 aromatic rings. The maximum atomic E-state index is 13.1. The first-order valence-electron chi connectivity index (χ1n) is 5.83. The van der Waals surface area contributed by atoms with Gasteiger partial charge in [0.15, 0.2) is 0 Å². The highest BCUT2D eigenvalue weighted by molar-refractivity contribution is 6.33. The molecule has 0 fully saturated rings. The van der Waals surface area contributed by atoms with E-state index in [4.69, 9.17) is 16.7 Å². The fourth-order valence-electron chi connectivity index (χ4n) is 1.73. The first-order valence-corrected chi connectivity index (χ1v) is 6.20. The maximum Gasteiger partial charge on any atom is 0.354 e. The molecule has 1 aromatic carbocycles. The van der Waals surface area contributed by atoms with E-state index in [-0.39, 0.29) is 22.1 Å². The summed E-state index contributed by atoms with van der Waals surface area (Å²) in [4.78, 5) is 25.4. The van der Waals surface area contributed by atoms with E-state index in [1.807, 2.05) is 0 Å². The van der Waals surface area contributed by atoms with E-state index in [1.165, 1.54) is 12.1 Å². The van der Waals surface area contributed by atoms with Gasteiger partial charge in [-0.2, -0.15) is 0 Å². The standard InChI is InChI=1S/C13H11ClFN3O3/c1-6-4-10(11(16-6)12(19)20)18-13(21)17-9-5-7(15)2-3-8(9)14/h2-5,16H,1H3,(H,19,20)(H2,17,18,21). The molecule has 6 nitrogen and oxygen atoms in total. The normalized spacial score (nSPS) is 10.2. The highest BCUT2D eigenvalue weighted by Crippen LogP contribution is 2.23. The minimum absolute atomic E-state index is 0.0818. The summed E-state index contributed by atoms with van der Waals surface area (Å²) in [5, 5.41) is 13.9. The van der Waals surface area contributed by atoms with Gasteiger partial charge in [-0.1, -0.05) is 11.6 Å². The molecule has 0 aliphatic rings. The van der Waals surface area contributed by atoms with Crippen LogP contribution in [0.2, 0.25) is 5.02 Å². The predicted molar refractivity (Wildman–Crippen MR) is 76.5 cm³/mol. The summed E-state index contributed by atoms with van der Waals surface area (Å²) in [7, 11) is 0. The van der Waals surface area contributed by atoms with E-state index in [2.05, 4.69) is 15.6 Å². The number of carbonyl (C=O) groups is 2. The van der Waals surface area contributed by atoms with Crippen molar-refractivity contribution in [3.63, 3.8) is 0 Å². The second kappa shape index (κ2) is 5.84. The number of carboxylic acids is 1. The summed E-state index contributed by atoms with van der Waals surface area (Å²) in [6.45, 7) is 1.65. The molecular weight excluding hydrogens is 301 g/mol. The number of carboxylic acid groups (broad SMARTS) is 1. The van der Waals surface area contributed by atoms with Crippen LogP contribution in [0.3, 0.4) is 0 Å². The summed E-state index contributed by atoms with van der Waals surface area (Å²) < 4.78 is 13.1. The van der Waals surface area contributed by atoms with Gasteiger partial charge in [-0.3, -0.25) is 0 Å². The van der Waals surface area contributed by atoms with Crippen molar-refractivity contribution in [2.75, 3.05) is 10.6 Å². The third-order valence-electron chi connectivity index (χ3n) is 2.59. The number of nitrogens with one attached hydrogen (secondary N) is 3. The summed E-state index contributed by atoms with van der Waals surface area (Å²) >= 11 is 5.82. The quantitative estimate of drug-likeness (QED) is 0.699. The van der Waals surface area contributed by atoms with Crippen LogP contribution in [-0.2, 0) is 0 Å². The minimum Gasteiger partial charge on any atom is -0.477 e. The molecule has 21 heavy (non-hydrogen) atoms. The minimum atomic E-state index is -1.21.